The second-order valence-corrected chi connectivity index (χ2v) is 5.18. The van der Waals surface area contributed by atoms with E-state index in [4.69, 9.17) is 0 Å². The van der Waals surface area contributed by atoms with Crippen LogP contribution in [0.25, 0.3) is 10.9 Å². The van der Waals surface area contributed by atoms with Crippen LogP contribution >= 0.6 is 0 Å². The molecule has 3 rings (SSSR count). The number of rotatable bonds is 6. The second-order valence-electron chi connectivity index (χ2n) is 5.18. The molecule has 1 atom stereocenters. The van der Waals surface area contributed by atoms with Crippen molar-refractivity contribution in [1.29, 1.82) is 0 Å². The average molecular weight is 298 g/mol. The lowest BCUT2D eigenvalue weighted by atomic mass is 10.2. The van der Waals surface area contributed by atoms with Crippen molar-refractivity contribution in [2.24, 2.45) is 0 Å². The fraction of sp³-hybridized carbons (Fsp3) is 0.333. The van der Waals surface area contributed by atoms with E-state index < -0.39 is 6.04 Å². The first-order chi connectivity index (χ1) is 10.8. The van der Waals surface area contributed by atoms with E-state index in [0.717, 1.165) is 13.0 Å². The van der Waals surface area contributed by atoms with Crippen molar-refractivity contribution in [2.75, 3.05) is 6.54 Å². The number of aryl methyl sites for hydroxylation is 1. The maximum absolute atomic E-state index is 12.0. The van der Waals surface area contributed by atoms with Gasteiger partial charge in [-0.15, -0.1) is 5.10 Å². The van der Waals surface area contributed by atoms with Gasteiger partial charge in [0.1, 0.15) is 12.4 Å². The fourth-order valence-electron chi connectivity index (χ4n) is 2.41. The third kappa shape index (κ3) is 2.98. The number of carbonyl (C=O) groups excluding carboxylic acids is 1. The highest BCUT2D eigenvalue weighted by atomic mass is 16.2. The van der Waals surface area contributed by atoms with E-state index in [1.54, 1.807) is 6.92 Å². The molecule has 0 saturated heterocycles. The molecule has 22 heavy (non-hydrogen) atoms. The summed E-state index contributed by atoms with van der Waals surface area (Å²) in [6.07, 6.45) is 4.39. The first kappa shape index (κ1) is 14.2. The van der Waals surface area contributed by atoms with Gasteiger partial charge in [-0.25, -0.2) is 4.68 Å². The monoisotopic (exact) mass is 298 g/mol. The standard InChI is InChI=1S/C15H18N6O/c1-12(21-11-17-18-19-21)15(22)16-8-4-9-20-10-7-13-5-2-3-6-14(13)20/h2-3,5-7,10-12H,4,8-9H2,1H3,(H,16,22). The van der Waals surface area contributed by atoms with E-state index in [1.807, 2.05) is 12.1 Å². The fourth-order valence-corrected chi connectivity index (χ4v) is 2.41. The molecule has 0 fully saturated rings. The van der Waals surface area contributed by atoms with Gasteiger partial charge in [-0.2, -0.15) is 0 Å². The number of tetrazole rings is 1. The summed E-state index contributed by atoms with van der Waals surface area (Å²) < 4.78 is 3.64. The second kappa shape index (κ2) is 6.38. The normalized spacial score (nSPS) is 12.4. The van der Waals surface area contributed by atoms with Crippen LogP contribution in [0.4, 0.5) is 0 Å². The molecule has 114 valence electrons. The Hall–Kier alpha value is -2.70. The number of nitrogens with one attached hydrogen (secondary N) is 1. The van der Waals surface area contributed by atoms with Gasteiger partial charge in [-0.1, -0.05) is 18.2 Å². The van der Waals surface area contributed by atoms with E-state index >= 15 is 0 Å². The van der Waals surface area contributed by atoms with Crippen LogP contribution in [-0.2, 0) is 11.3 Å². The van der Waals surface area contributed by atoms with Crippen LogP contribution in [-0.4, -0.2) is 37.2 Å². The Labute approximate surface area is 127 Å². The number of hydrogen-bond acceptors (Lipinski definition) is 4. The zero-order chi connectivity index (χ0) is 15.4. The lowest BCUT2D eigenvalue weighted by Gasteiger charge is -2.11. The molecule has 0 bridgehead atoms. The summed E-state index contributed by atoms with van der Waals surface area (Å²) in [6.45, 7) is 3.26. The van der Waals surface area contributed by atoms with Crippen molar-refractivity contribution >= 4 is 16.8 Å². The smallest absolute Gasteiger partial charge is 0.244 e. The summed E-state index contributed by atoms with van der Waals surface area (Å²) in [5.41, 5.74) is 1.22. The zero-order valence-electron chi connectivity index (χ0n) is 12.4. The quantitative estimate of drug-likeness (QED) is 0.698. The molecular formula is C15H18N6O. The third-order valence-corrected chi connectivity index (χ3v) is 3.70. The van der Waals surface area contributed by atoms with Crippen LogP contribution in [0.1, 0.15) is 19.4 Å². The number of benzene rings is 1. The first-order valence-corrected chi connectivity index (χ1v) is 7.30. The Morgan fingerprint density at radius 3 is 3.00 bits per heavy atom. The Bertz CT molecular complexity index is 748. The van der Waals surface area contributed by atoms with Gasteiger partial charge in [0.2, 0.25) is 5.91 Å². The minimum atomic E-state index is -0.401. The van der Waals surface area contributed by atoms with Gasteiger partial charge in [-0.3, -0.25) is 4.79 Å². The molecule has 0 aliphatic heterocycles. The van der Waals surface area contributed by atoms with E-state index in [-0.39, 0.29) is 5.91 Å². The highest BCUT2D eigenvalue weighted by Crippen LogP contribution is 2.15. The Kier molecular flexibility index (Phi) is 4.13. The Balaban J connectivity index is 1.48. The van der Waals surface area contributed by atoms with Gasteiger partial charge < -0.3 is 9.88 Å². The van der Waals surface area contributed by atoms with Crippen molar-refractivity contribution in [3.05, 3.63) is 42.9 Å². The highest BCUT2D eigenvalue weighted by molar-refractivity contribution is 5.80. The minimum Gasteiger partial charge on any atom is -0.354 e. The van der Waals surface area contributed by atoms with E-state index in [0.29, 0.717) is 6.54 Å². The molecule has 0 saturated carbocycles. The van der Waals surface area contributed by atoms with Crippen LogP contribution in [0, 0.1) is 0 Å². The number of carbonyl (C=O) groups is 1. The number of amides is 1. The van der Waals surface area contributed by atoms with Crippen LogP contribution in [0.2, 0.25) is 0 Å². The molecule has 0 aliphatic carbocycles. The summed E-state index contributed by atoms with van der Waals surface area (Å²) in [5.74, 6) is -0.0790. The molecular weight excluding hydrogens is 280 g/mol. The predicted molar refractivity (Wildman–Crippen MR) is 82.1 cm³/mol. The Morgan fingerprint density at radius 2 is 2.18 bits per heavy atom. The number of aromatic nitrogens is 5. The average Bonchev–Trinajstić information content (AvgIpc) is 3.20. The molecule has 0 radical (unpaired) electrons. The van der Waals surface area contributed by atoms with Gasteiger partial charge in [0.15, 0.2) is 0 Å². The highest BCUT2D eigenvalue weighted by Gasteiger charge is 2.14. The summed E-state index contributed by atoms with van der Waals surface area (Å²) in [5, 5.41) is 14.9. The molecule has 0 aliphatic rings. The molecule has 1 N–H and O–H groups in total. The summed E-state index contributed by atoms with van der Waals surface area (Å²) >= 11 is 0. The van der Waals surface area contributed by atoms with E-state index in [2.05, 4.69) is 49.8 Å². The predicted octanol–water partition coefficient (Wildman–Crippen LogP) is 1.40. The minimum absolute atomic E-state index is 0.0790. The van der Waals surface area contributed by atoms with Crippen LogP contribution in [0.5, 0.6) is 0 Å². The lowest BCUT2D eigenvalue weighted by molar-refractivity contribution is -0.124. The maximum atomic E-state index is 12.0. The van der Waals surface area contributed by atoms with Crippen LogP contribution in [0.15, 0.2) is 42.9 Å². The molecule has 0 spiro atoms. The number of fused-ring (bicyclic) bond motifs is 1. The summed E-state index contributed by atoms with van der Waals surface area (Å²) in [6, 6.07) is 9.98. The maximum Gasteiger partial charge on any atom is 0.244 e. The van der Waals surface area contributed by atoms with Gasteiger partial charge in [-0.05, 0) is 41.3 Å². The topological polar surface area (TPSA) is 77.6 Å². The largest absolute Gasteiger partial charge is 0.354 e. The lowest BCUT2D eigenvalue weighted by Crippen LogP contribution is -2.32. The third-order valence-electron chi connectivity index (χ3n) is 3.70. The van der Waals surface area contributed by atoms with Gasteiger partial charge in [0, 0.05) is 24.8 Å². The van der Waals surface area contributed by atoms with E-state index in [1.165, 1.54) is 21.9 Å². The number of para-hydroxylation sites is 1. The van der Waals surface area contributed by atoms with Crippen molar-refractivity contribution in [1.82, 2.24) is 30.1 Å². The van der Waals surface area contributed by atoms with Crippen molar-refractivity contribution in [3.63, 3.8) is 0 Å². The molecule has 7 nitrogen and oxygen atoms in total. The molecule has 2 heterocycles. The summed E-state index contributed by atoms with van der Waals surface area (Å²) in [4.78, 5) is 12.0. The van der Waals surface area contributed by atoms with Gasteiger partial charge in [0.25, 0.3) is 0 Å². The SMILES string of the molecule is CC(C(=O)NCCCn1ccc2ccccc21)n1cnnn1. The van der Waals surface area contributed by atoms with Gasteiger partial charge in [0.05, 0.1) is 0 Å². The number of hydrogen-bond donors (Lipinski definition) is 1. The van der Waals surface area contributed by atoms with Crippen molar-refractivity contribution in [2.45, 2.75) is 25.9 Å². The Morgan fingerprint density at radius 1 is 1.32 bits per heavy atom. The molecule has 2 aromatic heterocycles. The zero-order valence-corrected chi connectivity index (χ0v) is 12.4. The van der Waals surface area contributed by atoms with E-state index in [9.17, 15) is 4.79 Å². The molecule has 1 unspecified atom stereocenters. The molecule has 1 amide bonds. The van der Waals surface area contributed by atoms with Crippen molar-refractivity contribution < 1.29 is 4.79 Å². The van der Waals surface area contributed by atoms with Crippen molar-refractivity contribution in [3.8, 4) is 0 Å². The molecule has 3 aromatic rings. The molecule has 1 aromatic carbocycles. The van der Waals surface area contributed by atoms with Gasteiger partial charge >= 0.3 is 0 Å². The molecule has 7 heteroatoms. The first-order valence-electron chi connectivity index (χ1n) is 7.30. The number of nitrogens with zero attached hydrogens (tertiary/aromatic N) is 5. The van der Waals surface area contributed by atoms with Crippen LogP contribution < -0.4 is 5.32 Å². The van der Waals surface area contributed by atoms with Crippen LogP contribution in [0.3, 0.4) is 0 Å². The summed E-state index contributed by atoms with van der Waals surface area (Å²) in [7, 11) is 0.